The SMILES string of the molecule is CCOc1ccc(/C=C(/C#N)C(=O)NC)cc1OCC. The van der Waals surface area contributed by atoms with Gasteiger partial charge in [-0.3, -0.25) is 4.79 Å². The van der Waals surface area contributed by atoms with Gasteiger partial charge in [0.25, 0.3) is 5.91 Å². The summed E-state index contributed by atoms with van der Waals surface area (Å²) in [5.74, 6) is 0.821. The van der Waals surface area contributed by atoms with Gasteiger partial charge in [0.05, 0.1) is 13.2 Å². The van der Waals surface area contributed by atoms with E-state index in [2.05, 4.69) is 5.32 Å². The average molecular weight is 274 g/mol. The number of likely N-dealkylation sites (N-methyl/N-ethyl adjacent to an activating group) is 1. The summed E-state index contributed by atoms with van der Waals surface area (Å²) in [5, 5.41) is 11.4. The number of rotatable bonds is 6. The van der Waals surface area contributed by atoms with Crippen LogP contribution in [-0.4, -0.2) is 26.2 Å². The molecule has 1 N–H and O–H groups in total. The summed E-state index contributed by atoms with van der Waals surface area (Å²) in [6.07, 6.45) is 1.51. The van der Waals surface area contributed by atoms with Gasteiger partial charge in [0.1, 0.15) is 11.6 Å². The van der Waals surface area contributed by atoms with Crippen molar-refractivity contribution in [2.75, 3.05) is 20.3 Å². The van der Waals surface area contributed by atoms with E-state index in [0.717, 1.165) is 0 Å². The molecule has 1 amide bonds. The van der Waals surface area contributed by atoms with E-state index >= 15 is 0 Å². The number of nitrogens with zero attached hydrogens (tertiary/aromatic N) is 1. The van der Waals surface area contributed by atoms with Crippen LogP contribution in [0.15, 0.2) is 23.8 Å². The Morgan fingerprint density at radius 3 is 2.50 bits per heavy atom. The maximum atomic E-state index is 11.5. The van der Waals surface area contributed by atoms with E-state index in [0.29, 0.717) is 30.3 Å². The molecule has 0 aliphatic heterocycles. The van der Waals surface area contributed by atoms with Gasteiger partial charge in [-0.15, -0.1) is 0 Å². The van der Waals surface area contributed by atoms with Gasteiger partial charge in [0.15, 0.2) is 11.5 Å². The van der Waals surface area contributed by atoms with Crippen molar-refractivity contribution in [1.29, 1.82) is 5.26 Å². The van der Waals surface area contributed by atoms with Crippen LogP contribution in [0.3, 0.4) is 0 Å². The van der Waals surface area contributed by atoms with Gasteiger partial charge < -0.3 is 14.8 Å². The molecule has 0 saturated carbocycles. The highest BCUT2D eigenvalue weighted by atomic mass is 16.5. The molecule has 0 unspecified atom stereocenters. The fraction of sp³-hybridized carbons (Fsp3) is 0.333. The lowest BCUT2D eigenvalue weighted by Gasteiger charge is -2.11. The molecule has 5 nitrogen and oxygen atoms in total. The molecule has 1 rings (SSSR count). The van der Waals surface area contributed by atoms with Crippen LogP contribution in [0.5, 0.6) is 11.5 Å². The molecular formula is C15H18N2O3. The van der Waals surface area contributed by atoms with Gasteiger partial charge in [0.2, 0.25) is 0 Å². The number of ether oxygens (including phenoxy) is 2. The molecule has 0 atom stereocenters. The van der Waals surface area contributed by atoms with Crippen LogP contribution in [-0.2, 0) is 4.79 Å². The topological polar surface area (TPSA) is 71.3 Å². The maximum absolute atomic E-state index is 11.5. The number of carbonyl (C=O) groups excluding carboxylic acids is 1. The Hall–Kier alpha value is -2.48. The standard InChI is InChI=1S/C15H18N2O3/c1-4-19-13-7-6-11(9-14(13)20-5-2)8-12(10-16)15(18)17-3/h6-9H,4-5H2,1-3H3,(H,17,18)/b12-8-. The van der Waals surface area contributed by atoms with E-state index in [1.165, 1.54) is 13.1 Å². The zero-order chi connectivity index (χ0) is 15.0. The van der Waals surface area contributed by atoms with Crippen LogP contribution >= 0.6 is 0 Å². The van der Waals surface area contributed by atoms with Gasteiger partial charge in [-0.05, 0) is 37.6 Å². The minimum Gasteiger partial charge on any atom is -0.490 e. The minimum atomic E-state index is -0.417. The van der Waals surface area contributed by atoms with Crippen LogP contribution in [0.2, 0.25) is 0 Å². The molecule has 0 spiro atoms. The Balaban J connectivity index is 3.14. The Kier molecular flexibility index (Phi) is 6.11. The summed E-state index contributed by atoms with van der Waals surface area (Å²) in [6.45, 7) is 4.82. The third kappa shape index (κ3) is 4.02. The zero-order valence-electron chi connectivity index (χ0n) is 11.9. The number of amides is 1. The first-order chi connectivity index (χ1) is 9.65. The van der Waals surface area contributed by atoms with Crippen LogP contribution in [0, 0.1) is 11.3 Å². The highest BCUT2D eigenvalue weighted by Crippen LogP contribution is 2.29. The van der Waals surface area contributed by atoms with Crippen LogP contribution in [0.1, 0.15) is 19.4 Å². The summed E-state index contributed by atoms with van der Waals surface area (Å²) in [6, 6.07) is 7.15. The smallest absolute Gasteiger partial charge is 0.261 e. The molecule has 0 saturated heterocycles. The van der Waals surface area contributed by atoms with Gasteiger partial charge >= 0.3 is 0 Å². The monoisotopic (exact) mass is 274 g/mol. The molecule has 0 aliphatic rings. The van der Waals surface area contributed by atoms with E-state index in [4.69, 9.17) is 14.7 Å². The molecule has 0 radical (unpaired) electrons. The molecular weight excluding hydrogens is 256 g/mol. The zero-order valence-corrected chi connectivity index (χ0v) is 11.9. The fourth-order valence-electron chi connectivity index (χ4n) is 1.61. The predicted molar refractivity (Wildman–Crippen MR) is 76.4 cm³/mol. The molecule has 0 aliphatic carbocycles. The highest BCUT2D eigenvalue weighted by Gasteiger charge is 2.09. The third-order valence-corrected chi connectivity index (χ3v) is 2.47. The van der Waals surface area contributed by atoms with Crippen molar-refractivity contribution in [2.45, 2.75) is 13.8 Å². The minimum absolute atomic E-state index is 0.0408. The average Bonchev–Trinajstić information content (AvgIpc) is 2.47. The summed E-state index contributed by atoms with van der Waals surface area (Å²) in [7, 11) is 1.48. The highest BCUT2D eigenvalue weighted by molar-refractivity contribution is 6.01. The molecule has 0 fully saturated rings. The van der Waals surface area contributed by atoms with Gasteiger partial charge in [-0.25, -0.2) is 0 Å². The quantitative estimate of drug-likeness (QED) is 0.637. The number of hydrogen-bond donors (Lipinski definition) is 1. The fourth-order valence-corrected chi connectivity index (χ4v) is 1.61. The second kappa shape index (κ2) is 7.85. The molecule has 0 heterocycles. The van der Waals surface area contributed by atoms with E-state index in [1.54, 1.807) is 18.2 Å². The largest absolute Gasteiger partial charge is 0.490 e. The second-order valence-electron chi connectivity index (χ2n) is 3.82. The van der Waals surface area contributed by atoms with Crippen molar-refractivity contribution < 1.29 is 14.3 Å². The van der Waals surface area contributed by atoms with Crippen LogP contribution in [0.4, 0.5) is 0 Å². The summed E-state index contributed by atoms with van der Waals surface area (Å²) in [5.41, 5.74) is 0.746. The normalized spacial score (nSPS) is 10.6. The third-order valence-electron chi connectivity index (χ3n) is 2.47. The molecule has 0 bridgehead atoms. The number of benzene rings is 1. The number of hydrogen-bond acceptors (Lipinski definition) is 4. The summed E-state index contributed by atoms with van der Waals surface area (Å²) >= 11 is 0. The first-order valence-corrected chi connectivity index (χ1v) is 6.39. The van der Waals surface area contributed by atoms with Gasteiger partial charge in [0, 0.05) is 7.05 Å². The lowest BCUT2D eigenvalue weighted by atomic mass is 10.1. The Morgan fingerprint density at radius 2 is 1.95 bits per heavy atom. The maximum Gasteiger partial charge on any atom is 0.261 e. The Morgan fingerprint density at radius 1 is 1.30 bits per heavy atom. The van der Waals surface area contributed by atoms with Crippen LogP contribution < -0.4 is 14.8 Å². The van der Waals surface area contributed by atoms with Crippen molar-refractivity contribution in [3.05, 3.63) is 29.3 Å². The molecule has 0 aromatic heterocycles. The predicted octanol–water partition coefficient (Wildman–Crippen LogP) is 2.14. The Bertz CT molecular complexity index is 545. The number of nitrogens with one attached hydrogen (secondary N) is 1. The lowest BCUT2D eigenvalue weighted by molar-refractivity contribution is -0.116. The summed E-state index contributed by atoms with van der Waals surface area (Å²) < 4.78 is 10.9. The number of nitriles is 1. The van der Waals surface area contributed by atoms with E-state index in [1.807, 2.05) is 19.9 Å². The number of carbonyl (C=O) groups is 1. The van der Waals surface area contributed by atoms with Crippen LogP contribution in [0.25, 0.3) is 6.08 Å². The molecule has 5 heteroatoms. The van der Waals surface area contributed by atoms with Gasteiger partial charge in [-0.2, -0.15) is 5.26 Å². The molecule has 1 aromatic rings. The molecule has 106 valence electrons. The Labute approximate surface area is 118 Å². The van der Waals surface area contributed by atoms with Crippen molar-refractivity contribution in [3.63, 3.8) is 0 Å². The first-order valence-electron chi connectivity index (χ1n) is 6.39. The van der Waals surface area contributed by atoms with Crippen molar-refractivity contribution >= 4 is 12.0 Å². The van der Waals surface area contributed by atoms with E-state index < -0.39 is 5.91 Å². The van der Waals surface area contributed by atoms with E-state index in [-0.39, 0.29) is 5.57 Å². The van der Waals surface area contributed by atoms with E-state index in [9.17, 15) is 4.79 Å². The first kappa shape index (κ1) is 15.6. The molecule has 1 aromatic carbocycles. The van der Waals surface area contributed by atoms with Gasteiger partial charge in [-0.1, -0.05) is 6.07 Å². The molecule has 20 heavy (non-hydrogen) atoms. The van der Waals surface area contributed by atoms with Crippen molar-refractivity contribution in [1.82, 2.24) is 5.32 Å². The lowest BCUT2D eigenvalue weighted by Crippen LogP contribution is -2.19. The summed E-state index contributed by atoms with van der Waals surface area (Å²) in [4.78, 5) is 11.5. The van der Waals surface area contributed by atoms with Crippen molar-refractivity contribution in [2.24, 2.45) is 0 Å². The second-order valence-corrected chi connectivity index (χ2v) is 3.82. The van der Waals surface area contributed by atoms with Crippen molar-refractivity contribution in [3.8, 4) is 17.6 Å².